The van der Waals surface area contributed by atoms with E-state index in [1.165, 1.54) is 24.3 Å². The van der Waals surface area contributed by atoms with Crippen molar-refractivity contribution in [1.82, 2.24) is 4.31 Å². The van der Waals surface area contributed by atoms with Gasteiger partial charge < -0.3 is 5.73 Å². The highest BCUT2D eigenvalue weighted by Crippen LogP contribution is 2.20. The number of anilines is 1. The smallest absolute Gasteiger partial charge is 0.267 e. The quantitative estimate of drug-likeness (QED) is 0.616. The van der Waals surface area contributed by atoms with Crippen molar-refractivity contribution in [2.45, 2.75) is 31.1 Å². The van der Waals surface area contributed by atoms with Crippen LogP contribution in [-0.4, -0.2) is 25.2 Å². The lowest BCUT2D eigenvalue weighted by Crippen LogP contribution is -2.37. The van der Waals surface area contributed by atoms with Crippen molar-refractivity contribution in [3.63, 3.8) is 0 Å². The second-order valence-electron chi connectivity index (χ2n) is 5.52. The van der Waals surface area contributed by atoms with E-state index in [1.54, 1.807) is 30.3 Å². The molecule has 0 fully saturated rings. The Labute approximate surface area is 143 Å². The van der Waals surface area contributed by atoms with E-state index in [9.17, 15) is 13.2 Å². The van der Waals surface area contributed by atoms with Crippen LogP contribution in [0.15, 0.2) is 59.5 Å². The number of rotatable bonds is 7. The number of nitrogen functional groups attached to an aromatic ring is 1. The first-order valence-corrected chi connectivity index (χ1v) is 9.38. The van der Waals surface area contributed by atoms with Crippen LogP contribution in [0.3, 0.4) is 0 Å². The molecule has 0 saturated heterocycles. The zero-order chi connectivity index (χ0) is 17.6. The lowest BCUT2D eigenvalue weighted by molar-refractivity contribution is 0.0859. The number of sulfonamides is 1. The summed E-state index contributed by atoms with van der Waals surface area (Å²) in [7, 11) is -3.92. The number of hydrogen-bond donors (Lipinski definition) is 1. The Morgan fingerprint density at radius 2 is 1.62 bits per heavy atom. The van der Waals surface area contributed by atoms with Gasteiger partial charge in [-0.1, -0.05) is 38.0 Å². The Kier molecular flexibility index (Phi) is 5.98. The molecule has 0 aromatic heterocycles. The number of nitrogens with zero attached hydrogens (tertiary/aromatic N) is 1. The number of carbonyl (C=O) groups is 1. The third-order valence-corrected chi connectivity index (χ3v) is 5.48. The van der Waals surface area contributed by atoms with E-state index < -0.39 is 15.9 Å². The number of nitrogens with two attached hydrogens (primary N) is 1. The van der Waals surface area contributed by atoms with Crippen molar-refractivity contribution in [3.8, 4) is 0 Å². The van der Waals surface area contributed by atoms with Crippen LogP contribution in [0.1, 0.15) is 36.5 Å². The van der Waals surface area contributed by atoms with Crippen LogP contribution in [0, 0.1) is 0 Å². The molecular weight excluding hydrogens is 324 g/mol. The third-order valence-electron chi connectivity index (χ3n) is 3.68. The first-order valence-electron chi connectivity index (χ1n) is 7.94. The van der Waals surface area contributed by atoms with Crippen LogP contribution >= 0.6 is 0 Å². The first-order chi connectivity index (χ1) is 11.5. The van der Waals surface area contributed by atoms with Gasteiger partial charge in [0.05, 0.1) is 4.90 Å². The average molecular weight is 346 g/mol. The van der Waals surface area contributed by atoms with Crippen LogP contribution < -0.4 is 5.73 Å². The Morgan fingerprint density at radius 3 is 2.21 bits per heavy atom. The van der Waals surface area contributed by atoms with Crippen LogP contribution in [0.5, 0.6) is 0 Å². The molecule has 0 bridgehead atoms. The van der Waals surface area contributed by atoms with Crippen molar-refractivity contribution in [3.05, 3.63) is 60.2 Å². The molecule has 0 aliphatic heterocycles. The molecule has 1 amide bonds. The van der Waals surface area contributed by atoms with Crippen molar-refractivity contribution in [1.29, 1.82) is 0 Å². The Morgan fingerprint density at radius 1 is 1.00 bits per heavy atom. The van der Waals surface area contributed by atoms with Crippen molar-refractivity contribution < 1.29 is 13.2 Å². The first kappa shape index (κ1) is 18.0. The number of benzene rings is 2. The summed E-state index contributed by atoms with van der Waals surface area (Å²) in [6.07, 6.45) is 2.42. The molecular formula is C18H22N2O3S. The molecule has 24 heavy (non-hydrogen) atoms. The molecule has 5 nitrogen and oxygen atoms in total. The molecule has 0 heterocycles. The fourth-order valence-electron chi connectivity index (χ4n) is 2.33. The lowest BCUT2D eigenvalue weighted by Gasteiger charge is -2.22. The fourth-order valence-corrected chi connectivity index (χ4v) is 3.76. The van der Waals surface area contributed by atoms with E-state index in [4.69, 9.17) is 5.73 Å². The number of unbranched alkanes of at least 4 members (excludes halogenated alkanes) is 2. The van der Waals surface area contributed by atoms with Gasteiger partial charge in [-0.3, -0.25) is 4.79 Å². The molecule has 2 rings (SSSR count). The van der Waals surface area contributed by atoms with Gasteiger partial charge >= 0.3 is 0 Å². The molecule has 0 unspecified atom stereocenters. The van der Waals surface area contributed by atoms with Crippen molar-refractivity contribution in [2.75, 3.05) is 12.3 Å². The molecule has 0 aliphatic carbocycles. The van der Waals surface area contributed by atoms with Gasteiger partial charge in [0.15, 0.2) is 0 Å². The zero-order valence-corrected chi connectivity index (χ0v) is 14.5. The molecule has 2 N–H and O–H groups in total. The molecule has 2 aromatic rings. The Bertz CT molecular complexity index is 772. The van der Waals surface area contributed by atoms with Gasteiger partial charge in [-0.25, -0.2) is 12.7 Å². The van der Waals surface area contributed by atoms with E-state index in [0.29, 0.717) is 17.7 Å². The number of hydrogen-bond acceptors (Lipinski definition) is 4. The van der Waals surface area contributed by atoms with Crippen LogP contribution in [0.25, 0.3) is 0 Å². The maximum absolute atomic E-state index is 12.9. The van der Waals surface area contributed by atoms with Gasteiger partial charge in [-0.15, -0.1) is 0 Å². The van der Waals surface area contributed by atoms with E-state index in [0.717, 1.165) is 17.1 Å². The summed E-state index contributed by atoms with van der Waals surface area (Å²) in [6.45, 7) is 2.19. The van der Waals surface area contributed by atoms with E-state index >= 15 is 0 Å². The molecule has 128 valence electrons. The zero-order valence-electron chi connectivity index (χ0n) is 13.7. The second-order valence-corrected chi connectivity index (χ2v) is 7.39. The van der Waals surface area contributed by atoms with Gasteiger partial charge in [0, 0.05) is 17.8 Å². The van der Waals surface area contributed by atoms with Gasteiger partial charge in [-0.2, -0.15) is 0 Å². The van der Waals surface area contributed by atoms with Crippen molar-refractivity contribution >= 4 is 21.6 Å². The highest BCUT2D eigenvalue weighted by molar-refractivity contribution is 7.89. The number of carbonyl (C=O) groups excluding carboxylic acids is 1. The molecule has 6 heteroatoms. The maximum atomic E-state index is 12.9. The molecule has 0 spiro atoms. The number of amides is 1. The van der Waals surface area contributed by atoms with E-state index in [2.05, 4.69) is 0 Å². The van der Waals surface area contributed by atoms with Crippen molar-refractivity contribution in [2.24, 2.45) is 0 Å². The van der Waals surface area contributed by atoms with E-state index in [-0.39, 0.29) is 11.4 Å². The highest BCUT2D eigenvalue weighted by atomic mass is 32.2. The third kappa shape index (κ3) is 4.14. The normalized spacial score (nSPS) is 11.2. The standard InChI is InChI=1S/C18H22N2O3S/c1-2-3-7-14-20(18(21)15-8-5-4-6-9-15)24(22,23)17-12-10-16(19)11-13-17/h4-6,8-13H,2-3,7,14,19H2,1H3. The highest BCUT2D eigenvalue weighted by Gasteiger charge is 2.29. The van der Waals surface area contributed by atoms with Crippen LogP contribution in [0.4, 0.5) is 5.69 Å². The minimum absolute atomic E-state index is 0.0671. The largest absolute Gasteiger partial charge is 0.399 e. The lowest BCUT2D eigenvalue weighted by atomic mass is 10.2. The molecule has 0 atom stereocenters. The summed E-state index contributed by atoms with van der Waals surface area (Å²) in [5, 5.41) is 0. The van der Waals surface area contributed by atoms with Crippen LogP contribution in [0.2, 0.25) is 0 Å². The maximum Gasteiger partial charge on any atom is 0.267 e. The Hall–Kier alpha value is -2.34. The molecule has 0 aliphatic rings. The van der Waals surface area contributed by atoms with Gasteiger partial charge in [0.1, 0.15) is 0 Å². The molecule has 2 aromatic carbocycles. The summed E-state index contributed by atoms with van der Waals surface area (Å²) >= 11 is 0. The predicted molar refractivity (Wildman–Crippen MR) is 95.0 cm³/mol. The summed E-state index contributed by atoms with van der Waals surface area (Å²) in [5.41, 5.74) is 6.45. The molecule has 0 saturated carbocycles. The molecule has 0 radical (unpaired) electrons. The summed E-state index contributed by atoms with van der Waals surface area (Å²) in [5.74, 6) is -0.511. The van der Waals surface area contributed by atoms with Gasteiger partial charge in [0.25, 0.3) is 15.9 Å². The van der Waals surface area contributed by atoms with Gasteiger partial charge in [0.2, 0.25) is 0 Å². The minimum Gasteiger partial charge on any atom is -0.399 e. The SMILES string of the molecule is CCCCCN(C(=O)c1ccccc1)S(=O)(=O)c1ccc(N)cc1. The van der Waals surface area contributed by atoms with Gasteiger partial charge in [-0.05, 0) is 42.8 Å². The minimum atomic E-state index is -3.92. The predicted octanol–water partition coefficient (Wildman–Crippen LogP) is 3.29. The summed E-state index contributed by atoms with van der Waals surface area (Å²) < 4.78 is 26.8. The van der Waals surface area contributed by atoms with E-state index in [1.807, 2.05) is 6.92 Å². The monoisotopic (exact) mass is 346 g/mol. The second kappa shape index (κ2) is 7.97. The summed E-state index contributed by atoms with van der Waals surface area (Å²) in [4.78, 5) is 12.8. The average Bonchev–Trinajstić information content (AvgIpc) is 2.59. The topological polar surface area (TPSA) is 80.5 Å². The Balaban J connectivity index is 2.37. The fraction of sp³-hybridized carbons (Fsp3) is 0.278. The summed E-state index contributed by atoms with van der Waals surface area (Å²) in [6, 6.07) is 14.3. The van der Waals surface area contributed by atoms with Crippen LogP contribution in [-0.2, 0) is 10.0 Å².